The third-order valence-corrected chi connectivity index (χ3v) is 10.7. The van der Waals surface area contributed by atoms with E-state index in [1.807, 2.05) is 67.0 Å². The van der Waals surface area contributed by atoms with E-state index in [4.69, 9.17) is 4.74 Å². The fourth-order valence-corrected chi connectivity index (χ4v) is 7.29. The zero-order valence-corrected chi connectivity index (χ0v) is 29.0. The molecule has 1 aliphatic heterocycles. The van der Waals surface area contributed by atoms with Crippen molar-refractivity contribution in [3.63, 3.8) is 0 Å². The molecule has 0 bridgehead atoms. The van der Waals surface area contributed by atoms with E-state index >= 15 is 0 Å². The van der Waals surface area contributed by atoms with Crippen molar-refractivity contribution in [1.82, 2.24) is 20.2 Å². The molecule has 1 aliphatic carbocycles. The smallest absolute Gasteiger partial charge is 0.408 e. The van der Waals surface area contributed by atoms with Gasteiger partial charge in [-0.1, -0.05) is 104 Å². The van der Waals surface area contributed by atoms with Crippen LogP contribution in [0.1, 0.15) is 61.6 Å². The Labute approximate surface area is 293 Å². The third-order valence-electron chi connectivity index (χ3n) is 9.97. The van der Waals surface area contributed by atoms with Gasteiger partial charge in [0, 0.05) is 43.0 Å². The number of nitrogens with one attached hydrogen (secondary N) is 1. The number of carbonyl (C=O) groups excluding carboxylic acids is 3. The first-order valence-corrected chi connectivity index (χ1v) is 18.5. The average molecular weight is 677 g/mol. The molecular formula is C40H44N4O4S. The van der Waals surface area contributed by atoms with Gasteiger partial charge in [-0.05, 0) is 66.0 Å². The van der Waals surface area contributed by atoms with E-state index < -0.39 is 12.1 Å². The van der Waals surface area contributed by atoms with Crippen molar-refractivity contribution < 1.29 is 19.1 Å². The first-order valence-electron chi connectivity index (χ1n) is 17.3. The molecule has 1 saturated heterocycles. The number of ether oxygens (including phenoxy) is 1. The van der Waals surface area contributed by atoms with Crippen molar-refractivity contribution in [2.24, 2.45) is 11.8 Å². The van der Waals surface area contributed by atoms with Crippen LogP contribution in [0.25, 0.3) is 22.5 Å². The van der Waals surface area contributed by atoms with E-state index in [9.17, 15) is 14.4 Å². The molecule has 1 aromatic heterocycles. The highest BCUT2D eigenvalue weighted by Crippen LogP contribution is 2.37. The van der Waals surface area contributed by atoms with E-state index in [-0.39, 0.29) is 30.0 Å². The highest BCUT2D eigenvalue weighted by molar-refractivity contribution is 8.13. The van der Waals surface area contributed by atoms with Crippen LogP contribution in [0.15, 0.2) is 91.3 Å². The Morgan fingerprint density at radius 3 is 2.12 bits per heavy atom. The Bertz CT molecular complexity index is 1700. The number of aromatic nitrogens is 2. The van der Waals surface area contributed by atoms with Crippen LogP contribution in [-0.4, -0.2) is 57.4 Å². The number of nitrogens with zero attached hydrogens (tertiary/aromatic N) is 3. The van der Waals surface area contributed by atoms with Gasteiger partial charge in [-0.2, -0.15) is 0 Å². The summed E-state index contributed by atoms with van der Waals surface area (Å²) < 4.78 is 5.42. The van der Waals surface area contributed by atoms with Gasteiger partial charge in [-0.3, -0.25) is 9.59 Å². The Kier molecular flexibility index (Phi) is 11.4. The Hall–Kier alpha value is -4.50. The molecule has 2 amide bonds. The zero-order valence-electron chi connectivity index (χ0n) is 28.2. The number of thioether (sulfide) groups is 1. The fourth-order valence-electron chi connectivity index (χ4n) is 6.81. The van der Waals surface area contributed by atoms with E-state index in [2.05, 4.69) is 46.5 Å². The number of rotatable bonds is 11. The maximum Gasteiger partial charge on any atom is 0.408 e. The summed E-state index contributed by atoms with van der Waals surface area (Å²) in [5.74, 6) is 1.75. The van der Waals surface area contributed by atoms with Crippen molar-refractivity contribution in [1.29, 1.82) is 0 Å². The molecule has 0 unspecified atom stereocenters. The van der Waals surface area contributed by atoms with Gasteiger partial charge in [0.1, 0.15) is 12.6 Å². The lowest BCUT2D eigenvalue weighted by atomic mass is 9.78. The molecule has 1 atom stereocenters. The van der Waals surface area contributed by atoms with Gasteiger partial charge >= 0.3 is 6.09 Å². The molecule has 2 heterocycles. The number of carbonyl (C=O) groups is 3. The van der Waals surface area contributed by atoms with E-state index in [0.717, 1.165) is 33.7 Å². The summed E-state index contributed by atoms with van der Waals surface area (Å²) >= 11 is 1.18. The summed E-state index contributed by atoms with van der Waals surface area (Å²) in [4.78, 5) is 49.2. The molecule has 3 aromatic carbocycles. The predicted octanol–water partition coefficient (Wildman–Crippen LogP) is 7.68. The highest BCUT2D eigenvalue weighted by Gasteiger charge is 2.38. The second-order valence-corrected chi connectivity index (χ2v) is 14.0. The molecule has 0 radical (unpaired) electrons. The number of amides is 2. The van der Waals surface area contributed by atoms with E-state index in [1.165, 1.54) is 49.4 Å². The van der Waals surface area contributed by atoms with Gasteiger partial charge in [0.15, 0.2) is 10.9 Å². The van der Waals surface area contributed by atoms with E-state index in [1.54, 1.807) is 11.2 Å². The van der Waals surface area contributed by atoms with Gasteiger partial charge in [-0.15, -0.1) is 0 Å². The maximum atomic E-state index is 13.5. The van der Waals surface area contributed by atoms with E-state index in [0.29, 0.717) is 24.8 Å². The minimum Gasteiger partial charge on any atom is -0.445 e. The number of hydrogen-bond donors (Lipinski definition) is 1. The summed E-state index contributed by atoms with van der Waals surface area (Å²) in [7, 11) is 0. The second-order valence-electron chi connectivity index (χ2n) is 13.2. The largest absolute Gasteiger partial charge is 0.445 e. The van der Waals surface area contributed by atoms with Crippen LogP contribution in [0.3, 0.4) is 0 Å². The third kappa shape index (κ3) is 8.76. The molecular weight excluding hydrogens is 633 g/mol. The summed E-state index contributed by atoms with van der Waals surface area (Å²) in [6.45, 7) is 3.11. The number of hydrogen-bond acceptors (Lipinski definition) is 7. The summed E-state index contributed by atoms with van der Waals surface area (Å²) in [5.41, 5.74) is 6.07. The SMILES string of the molecule is CC[C@H]1CC[C@H](c2ccc(-c3cnc(-c4ccc(C[C@H](NC(=O)OCc5ccccc5)C(=O)N5CC(C(=O)SC)C5)cc4)nc3)cc2)CC1. The molecule has 2 fully saturated rings. The Morgan fingerprint density at radius 2 is 1.49 bits per heavy atom. The summed E-state index contributed by atoms with van der Waals surface area (Å²) in [6, 6.07) is 25.1. The van der Waals surface area contributed by atoms with Crippen LogP contribution in [0.2, 0.25) is 0 Å². The Morgan fingerprint density at radius 1 is 0.837 bits per heavy atom. The molecule has 254 valence electrons. The van der Waals surface area contributed by atoms with Crippen molar-refractivity contribution in [3.8, 4) is 22.5 Å². The normalized spacial score (nSPS) is 18.3. The van der Waals surface area contributed by atoms with Gasteiger partial charge in [0.05, 0.1) is 5.92 Å². The summed E-state index contributed by atoms with van der Waals surface area (Å²) in [5, 5.41) is 2.84. The zero-order chi connectivity index (χ0) is 34.2. The molecule has 1 saturated carbocycles. The van der Waals surface area contributed by atoms with Crippen LogP contribution in [0.4, 0.5) is 4.79 Å². The summed E-state index contributed by atoms with van der Waals surface area (Å²) in [6.07, 6.45) is 11.6. The second kappa shape index (κ2) is 16.3. The van der Waals surface area contributed by atoms with Crippen molar-refractivity contribution >= 4 is 28.9 Å². The molecule has 1 N–H and O–H groups in total. The topological polar surface area (TPSA) is 101 Å². The monoisotopic (exact) mass is 676 g/mol. The molecule has 0 spiro atoms. The van der Waals surface area contributed by atoms with Crippen LogP contribution in [0, 0.1) is 11.8 Å². The van der Waals surface area contributed by atoms with Gasteiger partial charge in [-0.25, -0.2) is 14.8 Å². The van der Waals surface area contributed by atoms with Crippen molar-refractivity contribution in [2.45, 2.75) is 64.0 Å². The van der Waals surface area contributed by atoms with Crippen LogP contribution >= 0.6 is 11.8 Å². The molecule has 9 heteroatoms. The highest BCUT2D eigenvalue weighted by atomic mass is 32.2. The molecule has 6 rings (SSSR count). The lowest BCUT2D eigenvalue weighted by Gasteiger charge is -2.39. The number of alkyl carbamates (subject to hydrolysis) is 1. The minimum absolute atomic E-state index is 0.0688. The molecule has 2 aliphatic rings. The van der Waals surface area contributed by atoms with Crippen LogP contribution in [-0.2, 0) is 27.4 Å². The van der Waals surface area contributed by atoms with Crippen LogP contribution in [0.5, 0.6) is 0 Å². The van der Waals surface area contributed by atoms with Crippen molar-refractivity contribution in [3.05, 3.63) is 108 Å². The quantitative estimate of drug-likeness (QED) is 0.174. The van der Waals surface area contributed by atoms with Crippen LogP contribution < -0.4 is 5.32 Å². The average Bonchev–Trinajstić information content (AvgIpc) is 3.14. The predicted molar refractivity (Wildman–Crippen MR) is 194 cm³/mol. The first kappa shape index (κ1) is 34.4. The number of benzene rings is 3. The lowest BCUT2D eigenvalue weighted by molar-refractivity contribution is -0.141. The first-order chi connectivity index (χ1) is 23.9. The molecule has 4 aromatic rings. The lowest BCUT2D eigenvalue weighted by Crippen LogP contribution is -2.59. The Balaban J connectivity index is 1.08. The van der Waals surface area contributed by atoms with Crippen molar-refractivity contribution in [2.75, 3.05) is 19.3 Å². The van der Waals surface area contributed by atoms with Gasteiger partial charge < -0.3 is 15.0 Å². The molecule has 49 heavy (non-hydrogen) atoms. The number of likely N-dealkylation sites (tertiary alicyclic amines) is 1. The van der Waals surface area contributed by atoms with Gasteiger partial charge in [0.25, 0.3) is 0 Å². The minimum atomic E-state index is -0.840. The standard InChI is InChI=1S/C40H44N4O4S/c1-3-27-9-13-30(14-10-27)31-17-19-32(20-18-31)34-22-41-37(42-23-34)33-15-11-28(12-16-33)21-36(38(45)44-24-35(25-44)39(46)49-2)43-40(47)48-26-29-7-5-4-6-8-29/h4-8,11-12,15-20,22-23,27,30,35-36H,3,9-10,13-14,21,24-26H2,1-2H3,(H,43,47)/t27-,30-,36-/m0/s1. The fraction of sp³-hybridized carbons (Fsp3) is 0.375. The van der Waals surface area contributed by atoms with Gasteiger partial charge in [0.2, 0.25) is 5.91 Å². The maximum absolute atomic E-state index is 13.5. The molecule has 8 nitrogen and oxygen atoms in total.